The number of ether oxygens (including phenoxy) is 2. The summed E-state index contributed by atoms with van der Waals surface area (Å²) in [6, 6.07) is 5.69. The van der Waals surface area contributed by atoms with E-state index in [1.54, 1.807) is 0 Å². The standard InChI is InChI=1S/C14H21NO2/c1-2-16-12-7-4-8-13(14(12)15)17-10-9-11-5-3-6-11/h4,7-8,11H,2-3,5-6,9-10,15H2,1H3. The third-order valence-electron chi connectivity index (χ3n) is 3.33. The molecule has 0 unspecified atom stereocenters. The van der Waals surface area contributed by atoms with Gasteiger partial charge < -0.3 is 15.2 Å². The lowest BCUT2D eigenvalue weighted by molar-refractivity contribution is 0.222. The van der Waals surface area contributed by atoms with Gasteiger partial charge in [-0.15, -0.1) is 0 Å². The molecule has 94 valence electrons. The van der Waals surface area contributed by atoms with Crippen LogP contribution in [0.5, 0.6) is 11.5 Å². The predicted octanol–water partition coefficient (Wildman–Crippen LogP) is 3.24. The Balaban J connectivity index is 1.87. The van der Waals surface area contributed by atoms with Crippen molar-refractivity contribution in [1.82, 2.24) is 0 Å². The second-order valence-electron chi connectivity index (χ2n) is 4.54. The minimum absolute atomic E-state index is 0.614. The molecule has 0 atom stereocenters. The number of hydrogen-bond acceptors (Lipinski definition) is 3. The van der Waals surface area contributed by atoms with Crippen LogP contribution in [0.25, 0.3) is 0 Å². The van der Waals surface area contributed by atoms with E-state index in [0.29, 0.717) is 18.0 Å². The van der Waals surface area contributed by atoms with Gasteiger partial charge in [-0.25, -0.2) is 0 Å². The molecule has 1 fully saturated rings. The van der Waals surface area contributed by atoms with Crippen molar-refractivity contribution in [1.29, 1.82) is 0 Å². The zero-order valence-electron chi connectivity index (χ0n) is 10.4. The van der Waals surface area contributed by atoms with E-state index in [2.05, 4.69) is 0 Å². The molecule has 3 heteroatoms. The highest BCUT2D eigenvalue weighted by Crippen LogP contribution is 2.33. The number of anilines is 1. The SMILES string of the molecule is CCOc1cccc(OCCC2CCC2)c1N. The van der Waals surface area contributed by atoms with E-state index in [1.807, 2.05) is 25.1 Å². The monoisotopic (exact) mass is 235 g/mol. The molecular weight excluding hydrogens is 214 g/mol. The maximum atomic E-state index is 5.98. The van der Waals surface area contributed by atoms with Crippen molar-refractivity contribution in [2.24, 2.45) is 5.92 Å². The highest BCUT2D eigenvalue weighted by molar-refractivity contribution is 5.62. The Bertz CT molecular complexity index is 361. The molecule has 3 nitrogen and oxygen atoms in total. The molecule has 0 radical (unpaired) electrons. The number of nitrogens with two attached hydrogens (primary N) is 1. The van der Waals surface area contributed by atoms with E-state index in [0.717, 1.165) is 24.7 Å². The summed E-state index contributed by atoms with van der Waals surface area (Å²) in [5.41, 5.74) is 6.60. The Morgan fingerprint density at radius 3 is 2.53 bits per heavy atom. The van der Waals surface area contributed by atoms with Crippen molar-refractivity contribution in [2.75, 3.05) is 18.9 Å². The second kappa shape index (κ2) is 5.80. The fourth-order valence-corrected chi connectivity index (χ4v) is 2.05. The molecule has 2 N–H and O–H groups in total. The predicted molar refractivity (Wildman–Crippen MR) is 69.5 cm³/mol. The van der Waals surface area contributed by atoms with E-state index in [9.17, 15) is 0 Å². The van der Waals surface area contributed by atoms with Crippen LogP contribution < -0.4 is 15.2 Å². The largest absolute Gasteiger partial charge is 0.492 e. The average molecular weight is 235 g/mol. The van der Waals surface area contributed by atoms with Gasteiger partial charge in [0, 0.05) is 0 Å². The first-order valence-electron chi connectivity index (χ1n) is 6.45. The van der Waals surface area contributed by atoms with Gasteiger partial charge in [0.05, 0.1) is 13.2 Å². The molecule has 17 heavy (non-hydrogen) atoms. The topological polar surface area (TPSA) is 44.5 Å². The first kappa shape index (κ1) is 12.1. The van der Waals surface area contributed by atoms with Crippen molar-refractivity contribution in [2.45, 2.75) is 32.6 Å². The third-order valence-corrected chi connectivity index (χ3v) is 3.33. The molecule has 2 rings (SSSR count). The van der Waals surface area contributed by atoms with Gasteiger partial charge in [-0.2, -0.15) is 0 Å². The van der Waals surface area contributed by atoms with Crippen LogP contribution >= 0.6 is 0 Å². The summed E-state index contributed by atoms with van der Waals surface area (Å²) in [7, 11) is 0. The van der Waals surface area contributed by atoms with Crippen LogP contribution in [-0.2, 0) is 0 Å². The zero-order chi connectivity index (χ0) is 12.1. The van der Waals surface area contributed by atoms with Gasteiger partial charge in [-0.1, -0.05) is 25.3 Å². The Morgan fingerprint density at radius 1 is 1.24 bits per heavy atom. The summed E-state index contributed by atoms with van der Waals surface area (Å²) >= 11 is 0. The molecule has 1 aliphatic rings. The van der Waals surface area contributed by atoms with Gasteiger partial charge in [-0.05, 0) is 31.4 Å². The van der Waals surface area contributed by atoms with Crippen molar-refractivity contribution in [3.05, 3.63) is 18.2 Å². The smallest absolute Gasteiger partial charge is 0.146 e. The Kier molecular flexibility index (Phi) is 4.13. The van der Waals surface area contributed by atoms with E-state index in [-0.39, 0.29) is 0 Å². The van der Waals surface area contributed by atoms with E-state index >= 15 is 0 Å². The molecule has 1 aliphatic carbocycles. The van der Waals surface area contributed by atoms with Gasteiger partial charge in [0.25, 0.3) is 0 Å². The highest BCUT2D eigenvalue weighted by atomic mass is 16.5. The number of hydrogen-bond donors (Lipinski definition) is 1. The minimum atomic E-state index is 0.614. The lowest BCUT2D eigenvalue weighted by atomic mass is 9.83. The van der Waals surface area contributed by atoms with Gasteiger partial charge in [0.15, 0.2) is 0 Å². The third kappa shape index (κ3) is 3.05. The molecule has 0 amide bonds. The number of benzene rings is 1. The normalized spacial score (nSPS) is 15.4. The second-order valence-corrected chi connectivity index (χ2v) is 4.54. The summed E-state index contributed by atoms with van der Waals surface area (Å²) in [4.78, 5) is 0. The van der Waals surface area contributed by atoms with Gasteiger partial charge in [0.1, 0.15) is 17.2 Å². The molecule has 0 aromatic heterocycles. The summed E-state index contributed by atoms with van der Waals surface area (Å²) in [5, 5.41) is 0. The Hall–Kier alpha value is -1.38. The first-order chi connectivity index (χ1) is 8.31. The molecule has 1 saturated carbocycles. The molecule has 0 heterocycles. The van der Waals surface area contributed by atoms with Crippen LogP contribution in [0, 0.1) is 5.92 Å². The van der Waals surface area contributed by atoms with Crippen LogP contribution in [0.3, 0.4) is 0 Å². The van der Waals surface area contributed by atoms with Gasteiger partial charge >= 0.3 is 0 Å². The highest BCUT2D eigenvalue weighted by Gasteiger charge is 2.17. The van der Waals surface area contributed by atoms with Gasteiger partial charge in [-0.3, -0.25) is 0 Å². The lowest BCUT2D eigenvalue weighted by Crippen LogP contribution is -2.14. The Morgan fingerprint density at radius 2 is 1.94 bits per heavy atom. The molecule has 0 bridgehead atoms. The van der Waals surface area contributed by atoms with Crippen molar-refractivity contribution >= 4 is 5.69 Å². The van der Waals surface area contributed by atoms with E-state index in [1.165, 1.54) is 19.3 Å². The molecule has 0 aliphatic heterocycles. The summed E-state index contributed by atoms with van der Waals surface area (Å²) in [5.74, 6) is 2.33. The quantitative estimate of drug-likeness (QED) is 0.770. The summed E-state index contributed by atoms with van der Waals surface area (Å²) in [6.45, 7) is 3.32. The average Bonchev–Trinajstić information content (AvgIpc) is 2.27. The maximum Gasteiger partial charge on any atom is 0.146 e. The van der Waals surface area contributed by atoms with Crippen LogP contribution in [0.15, 0.2) is 18.2 Å². The van der Waals surface area contributed by atoms with E-state index < -0.39 is 0 Å². The summed E-state index contributed by atoms with van der Waals surface area (Å²) < 4.78 is 11.2. The van der Waals surface area contributed by atoms with Crippen LogP contribution in [0.1, 0.15) is 32.6 Å². The van der Waals surface area contributed by atoms with Crippen molar-refractivity contribution < 1.29 is 9.47 Å². The van der Waals surface area contributed by atoms with Crippen molar-refractivity contribution in [3.8, 4) is 11.5 Å². The minimum Gasteiger partial charge on any atom is -0.492 e. The van der Waals surface area contributed by atoms with Crippen LogP contribution in [0.2, 0.25) is 0 Å². The number of para-hydroxylation sites is 1. The lowest BCUT2D eigenvalue weighted by Gasteiger charge is -2.25. The zero-order valence-corrected chi connectivity index (χ0v) is 10.4. The first-order valence-corrected chi connectivity index (χ1v) is 6.45. The molecular formula is C14H21NO2. The van der Waals surface area contributed by atoms with Crippen LogP contribution in [-0.4, -0.2) is 13.2 Å². The van der Waals surface area contributed by atoms with E-state index in [4.69, 9.17) is 15.2 Å². The number of rotatable bonds is 6. The fourth-order valence-electron chi connectivity index (χ4n) is 2.05. The van der Waals surface area contributed by atoms with Crippen LogP contribution in [0.4, 0.5) is 5.69 Å². The fraction of sp³-hybridized carbons (Fsp3) is 0.571. The summed E-state index contributed by atoms with van der Waals surface area (Å²) in [6.07, 6.45) is 5.24. The molecule has 0 spiro atoms. The molecule has 1 aromatic rings. The molecule has 1 aromatic carbocycles. The molecule has 0 saturated heterocycles. The Labute approximate surface area is 103 Å². The van der Waals surface area contributed by atoms with Crippen molar-refractivity contribution in [3.63, 3.8) is 0 Å². The van der Waals surface area contributed by atoms with Gasteiger partial charge in [0.2, 0.25) is 0 Å². The number of nitrogen functional groups attached to an aromatic ring is 1. The maximum absolute atomic E-state index is 5.98.